The van der Waals surface area contributed by atoms with Crippen molar-refractivity contribution in [3.05, 3.63) is 22.8 Å². The normalized spacial score (nSPS) is 19.6. The Morgan fingerprint density at radius 3 is 2.41 bits per heavy atom. The number of imide groups is 1. The van der Waals surface area contributed by atoms with E-state index in [0.717, 1.165) is 4.47 Å². The van der Waals surface area contributed by atoms with Crippen molar-refractivity contribution in [3.63, 3.8) is 0 Å². The molecule has 1 fully saturated rings. The van der Waals surface area contributed by atoms with Crippen LogP contribution in [0, 0.1) is 5.41 Å². The number of halogens is 1. The Morgan fingerprint density at radius 2 is 1.88 bits per heavy atom. The van der Waals surface area contributed by atoms with Gasteiger partial charge in [0.25, 0.3) is 0 Å². The van der Waals surface area contributed by atoms with E-state index in [-0.39, 0.29) is 17.2 Å². The van der Waals surface area contributed by atoms with Crippen LogP contribution in [0.3, 0.4) is 0 Å². The molecule has 2 rings (SSSR count). The first-order valence-corrected chi connectivity index (χ1v) is 6.16. The van der Waals surface area contributed by atoms with Crippen LogP contribution in [0.25, 0.3) is 0 Å². The van der Waals surface area contributed by atoms with Gasteiger partial charge in [-0.3, -0.25) is 9.59 Å². The van der Waals surface area contributed by atoms with Gasteiger partial charge in [-0.25, -0.2) is 9.88 Å². The summed E-state index contributed by atoms with van der Waals surface area (Å²) in [5.74, 6) is 0.0265. The van der Waals surface area contributed by atoms with Gasteiger partial charge < -0.3 is 0 Å². The van der Waals surface area contributed by atoms with E-state index in [2.05, 4.69) is 20.9 Å². The summed E-state index contributed by atoms with van der Waals surface area (Å²) < 4.78 is 0.799. The molecule has 0 spiro atoms. The molecule has 2 amide bonds. The monoisotopic (exact) mass is 296 g/mol. The van der Waals surface area contributed by atoms with E-state index < -0.39 is 0 Å². The molecule has 1 saturated heterocycles. The quantitative estimate of drug-likeness (QED) is 0.748. The molecule has 0 aromatic carbocycles. The predicted octanol–water partition coefficient (Wildman–Crippen LogP) is 2.52. The Morgan fingerprint density at radius 1 is 1.29 bits per heavy atom. The van der Waals surface area contributed by atoms with Crippen molar-refractivity contribution in [2.45, 2.75) is 26.7 Å². The van der Waals surface area contributed by atoms with Crippen molar-refractivity contribution in [1.29, 1.82) is 0 Å². The molecule has 0 radical (unpaired) electrons. The van der Waals surface area contributed by atoms with Gasteiger partial charge in [0.15, 0.2) is 0 Å². The third-order valence-corrected chi connectivity index (χ3v) is 3.19. The van der Waals surface area contributed by atoms with Crippen LogP contribution in [0.4, 0.5) is 5.82 Å². The molecule has 1 aliphatic heterocycles. The highest BCUT2D eigenvalue weighted by Crippen LogP contribution is 2.33. The summed E-state index contributed by atoms with van der Waals surface area (Å²) in [6.45, 7) is 3.85. The first-order chi connectivity index (χ1) is 7.89. The van der Waals surface area contributed by atoms with Crippen molar-refractivity contribution >= 4 is 33.6 Å². The van der Waals surface area contributed by atoms with E-state index in [0.29, 0.717) is 18.7 Å². The number of nitrogens with zero attached hydrogens (tertiary/aromatic N) is 2. The smallest absolute Gasteiger partial charge is 0.235 e. The van der Waals surface area contributed by atoms with Crippen molar-refractivity contribution in [1.82, 2.24) is 4.98 Å². The largest absolute Gasteiger partial charge is 0.274 e. The summed E-state index contributed by atoms with van der Waals surface area (Å²) in [6.07, 6.45) is 2.31. The molecule has 4 nitrogen and oxygen atoms in total. The van der Waals surface area contributed by atoms with Crippen molar-refractivity contribution < 1.29 is 9.59 Å². The minimum absolute atomic E-state index is 0.183. The van der Waals surface area contributed by atoms with Crippen molar-refractivity contribution in [3.8, 4) is 0 Å². The summed E-state index contributed by atoms with van der Waals surface area (Å²) in [5.41, 5.74) is -0.253. The van der Waals surface area contributed by atoms with E-state index in [4.69, 9.17) is 0 Å². The van der Waals surface area contributed by atoms with Gasteiger partial charge in [0, 0.05) is 23.5 Å². The number of hydrogen-bond donors (Lipinski definition) is 0. The first-order valence-electron chi connectivity index (χ1n) is 5.36. The summed E-state index contributed by atoms with van der Waals surface area (Å²) in [5, 5.41) is 0. The molecule has 0 aliphatic carbocycles. The zero-order valence-corrected chi connectivity index (χ0v) is 11.3. The van der Waals surface area contributed by atoms with E-state index in [1.54, 1.807) is 18.3 Å². The molecular weight excluding hydrogens is 284 g/mol. The van der Waals surface area contributed by atoms with Crippen molar-refractivity contribution in [2.75, 3.05) is 4.90 Å². The molecule has 0 bridgehead atoms. The maximum Gasteiger partial charge on any atom is 0.235 e. The van der Waals surface area contributed by atoms with Gasteiger partial charge in [-0.2, -0.15) is 0 Å². The zero-order valence-electron chi connectivity index (χ0n) is 9.74. The summed E-state index contributed by atoms with van der Waals surface area (Å²) in [6, 6.07) is 3.43. The number of rotatable bonds is 1. The number of amides is 2. The van der Waals surface area contributed by atoms with Gasteiger partial charge >= 0.3 is 0 Å². The Labute approximate surface area is 108 Å². The number of carbonyl (C=O) groups is 2. The van der Waals surface area contributed by atoms with Crippen LogP contribution in [-0.2, 0) is 9.59 Å². The molecule has 5 heteroatoms. The number of aromatic nitrogens is 1. The molecular formula is C12H13BrN2O2. The lowest BCUT2D eigenvalue weighted by Gasteiger charge is -2.34. The summed E-state index contributed by atoms with van der Waals surface area (Å²) >= 11 is 3.30. The van der Waals surface area contributed by atoms with Crippen LogP contribution in [-0.4, -0.2) is 16.8 Å². The van der Waals surface area contributed by atoms with E-state index in [1.807, 2.05) is 13.8 Å². The lowest BCUT2D eigenvalue weighted by molar-refractivity contribution is -0.132. The molecule has 0 atom stereocenters. The van der Waals surface area contributed by atoms with Crippen LogP contribution in [0.2, 0.25) is 0 Å². The Kier molecular flexibility index (Phi) is 3.03. The third-order valence-electron chi connectivity index (χ3n) is 2.70. The molecule has 0 unspecified atom stereocenters. The van der Waals surface area contributed by atoms with Gasteiger partial charge in [-0.15, -0.1) is 0 Å². The third kappa shape index (κ3) is 2.54. The summed E-state index contributed by atoms with van der Waals surface area (Å²) in [7, 11) is 0. The topological polar surface area (TPSA) is 50.3 Å². The Hall–Kier alpha value is -1.23. The second-order valence-corrected chi connectivity index (χ2v) is 5.89. The lowest BCUT2D eigenvalue weighted by atomic mass is 9.82. The molecule has 0 N–H and O–H groups in total. The first kappa shape index (κ1) is 12.2. The average molecular weight is 297 g/mol. The number of pyridine rings is 1. The van der Waals surface area contributed by atoms with E-state index >= 15 is 0 Å². The van der Waals surface area contributed by atoms with Crippen LogP contribution >= 0.6 is 15.9 Å². The fourth-order valence-electron chi connectivity index (χ4n) is 1.95. The zero-order chi connectivity index (χ0) is 12.6. The molecule has 1 aliphatic rings. The highest BCUT2D eigenvalue weighted by atomic mass is 79.9. The number of hydrogen-bond acceptors (Lipinski definition) is 3. The molecule has 17 heavy (non-hydrogen) atoms. The maximum absolute atomic E-state index is 12.0. The van der Waals surface area contributed by atoms with Gasteiger partial charge in [0.1, 0.15) is 5.82 Å². The number of piperidine rings is 1. The average Bonchev–Trinajstić information content (AvgIpc) is 2.13. The van der Waals surface area contributed by atoms with Gasteiger partial charge in [-0.1, -0.05) is 29.8 Å². The maximum atomic E-state index is 12.0. The summed E-state index contributed by atoms with van der Waals surface area (Å²) in [4.78, 5) is 29.2. The van der Waals surface area contributed by atoms with Gasteiger partial charge in [-0.05, 0) is 17.5 Å². The minimum Gasteiger partial charge on any atom is -0.274 e. The van der Waals surface area contributed by atoms with Crippen LogP contribution in [0.5, 0.6) is 0 Å². The minimum atomic E-state index is -0.253. The highest BCUT2D eigenvalue weighted by Gasteiger charge is 2.38. The fraction of sp³-hybridized carbons (Fsp3) is 0.417. The van der Waals surface area contributed by atoms with Crippen LogP contribution < -0.4 is 4.90 Å². The molecule has 90 valence electrons. The Bertz CT molecular complexity index is 465. The number of anilines is 1. The lowest BCUT2D eigenvalue weighted by Crippen LogP contribution is -2.46. The van der Waals surface area contributed by atoms with Gasteiger partial charge in [0.2, 0.25) is 11.8 Å². The van der Waals surface area contributed by atoms with E-state index in [1.165, 1.54) is 4.90 Å². The molecule has 1 aromatic rings. The van der Waals surface area contributed by atoms with Gasteiger partial charge in [0.05, 0.1) is 0 Å². The molecule has 1 aromatic heterocycles. The van der Waals surface area contributed by atoms with Crippen LogP contribution in [0.1, 0.15) is 26.7 Å². The second-order valence-electron chi connectivity index (χ2n) is 4.97. The molecule has 0 saturated carbocycles. The Balaban J connectivity index is 2.34. The second kappa shape index (κ2) is 4.22. The predicted molar refractivity (Wildman–Crippen MR) is 67.4 cm³/mol. The number of carbonyl (C=O) groups excluding carboxylic acids is 2. The SMILES string of the molecule is CC1(C)CC(=O)N(c2cc(Br)ccn2)C(=O)C1. The standard InChI is InChI=1S/C12H13BrN2O2/c1-12(2)6-10(16)15(11(17)7-12)9-5-8(13)3-4-14-9/h3-5H,6-7H2,1-2H3. The highest BCUT2D eigenvalue weighted by molar-refractivity contribution is 9.10. The molecule has 2 heterocycles. The van der Waals surface area contributed by atoms with Crippen molar-refractivity contribution in [2.24, 2.45) is 5.41 Å². The fourth-order valence-corrected chi connectivity index (χ4v) is 2.27. The van der Waals surface area contributed by atoms with Crippen LogP contribution in [0.15, 0.2) is 22.8 Å². The van der Waals surface area contributed by atoms with E-state index in [9.17, 15) is 9.59 Å².